The Morgan fingerprint density at radius 1 is 0.630 bits per heavy atom. The van der Waals surface area contributed by atoms with Crippen molar-refractivity contribution in [3.8, 4) is 0 Å². The van der Waals surface area contributed by atoms with Crippen LogP contribution in [0, 0.1) is 0 Å². The molecule has 0 aromatic carbocycles. The summed E-state index contributed by atoms with van der Waals surface area (Å²) in [4.78, 5) is 41.6. The molecule has 20 heteroatoms. The number of hydrogen-bond acceptors (Lipinski definition) is 13. The van der Waals surface area contributed by atoms with Gasteiger partial charge in [0.05, 0.1) is 18.2 Å². The third-order valence-corrected chi connectivity index (χ3v) is 5.34. The number of carbonyl (C=O) groups is 3. The number of halogens is 3. The zero-order valence-corrected chi connectivity index (χ0v) is 27.8. The van der Waals surface area contributed by atoms with Crippen LogP contribution in [0.3, 0.4) is 0 Å². The molecule has 2 aromatic rings. The van der Waals surface area contributed by atoms with E-state index in [9.17, 15) is 27.6 Å². The molecular weight excluding hydrogens is 619 g/mol. The van der Waals surface area contributed by atoms with Crippen LogP contribution >= 0.6 is 0 Å². The molecule has 0 saturated heterocycles. The number of nitrogens with zero attached hydrogens (tertiary/aromatic N) is 11. The van der Waals surface area contributed by atoms with Crippen LogP contribution in [0.5, 0.6) is 0 Å². The van der Waals surface area contributed by atoms with Crippen LogP contribution in [-0.2, 0) is 46.6 Å². The molecule has 0 aliphatic carbocycles. The Bertz CT molecular complexity index is 1380. The molecule has 46 heavy (non-hydrogen) atoms. The number of amides is 3. The monoisotopic (exact) mass is 660 g/mol. The predicted molar refractivity (Wildman–Crippen MR) is 150 cm³/mol. The van der Waals surface area contributed by atoms with Gasteiger partial charge < -0.3 is 24.0 Å². The van der Waals surface area contributed by atoms with Gasteiger partial charge in [0.25, 0.3) is 5.82 Å². The molecule has 0 spiro atoms. The number of aromatic nitrogens is 8. The maximum Gasteiger partial charge on any atom is 0.455 e. The van der Waals surface area contributed by atoms with Gasteiger partial charge in [-0.2, -0.15) is 13.2 Å². The van der Waals surface area contributed by atoms with Gasteiger partial charge in [0.15, 0.2) is 12.4 Å². The van der Waals surface area contributed by atoms with Gasteiger partial charge in [-0.05, 0) is 60.5 Å². The lowest BCUT2D eigenvalue weighted by Crippen LogP contribution is -2.55. The molecule has 0 saturated carbocycles. The summed E-state index contributed by atoms with van der Waals surface area (Å²) in [6.07, 6.45) is -6.92. The molecule has 256 valence electrons. The Hall–Kier alpha value is -4.52. The first kappa shape index (κ1) is 37.7. The zero-order chi connectivity index (χ0) is 35.3. The van der Waals surface area contributed by atoms with Crippen molar-refractivity contribution in [3.05, 3.63) is 23.3 Å². The van der Waals surface area contributed by atoms with Crippen molar-refractivity contribution in [3.63, 3.8) is 0 Å². The van der Waals surface area contributed by atoms with E-state index >= 15 is 0 Å². The second-order valence-corrected chi connectivity index (χ2v) is 13.0. The fourth-order valence-electron chi connectivity index (χ4n) is 3.33. The van der Waals surface area contributed by atoms with Crippen LogP contribution < -0.4 is 4.68 Å². The lowest BCUT2D eigenvalue weighted by molar-refractivity contribution is -0.775. The van der Waals surface area contributed by atoms with Gasteiger partial charge in [0.2, 0.25) is 5.82 Å². The van der Waals surface area contributed by atoms with Crippen molar-refractivity contribution in [1.82, 2.24) is 50.4 Å². The molecule has 0 unspecified atom stereocenters. The summed E-state index contributed by atoms with van der Waals surface area (Å²) < 4.78 is 55.9. The second kappa shape index (κ2) is 14.3. The van der Waals surface area contributed by atoms with E-state index in [4.69, 9.17) is 14.2 Å². The normalized spacial score (nSPS) is 12.3. The number of alkyl halides is 3. The van der Waals surface area contributed by atoms with Gasteiger partial charge in [-0.3, -0.25) is 4.90 Å². The molecule has 2 aromatic heterocycles. The largest absolute Gasteiger partial charge is 0.455 e. The zero-order valence-electron chi connectivity index (χ0n) is 27.8. The van der Waals surface area contributed by atoms with Gasteiger partial charge in [0, 0.05) is 21.1 Å². The maximum absolute atomic E-state index is 12.9. The highest BCUT2D eigenvalue weighted by Crippen LogP contribution is 2.24. The van der Waals surface area contributed by atoms with E-state index in [2.05, 4.69) is 35.7 Å². The molecular formula is C26H41F3N11O6+. The molecule has 0 N–H and O–H groups in total. The lowest BCUT2D eigenvalue weighted by Gasteiger charge is -2.27. The molecule has 0 aliphatic rings. The van der Waals surface area contributed by atoms with E-state index in [-0.39, 0.29) is 43.7 Å². The summed E-state index contributed by atoms with van der Waals surface area (Å²) in [6.45, 7) is 12.9. The predicted octanol–water partition coefficient (Wildman–Crippen LogP) is 2.54. The van der Waals surface area contributed by atoms with Crippen molar-refractivity contribution >= 4 is 18.3 Å². The van der Waals surface area contributed by atoms with Crippen LogP contribution in [0.2, 0.25) is 0 Å². The Kier molecular flexibility index (Phi) is 11.7. The van der Waals surface area contributed by atoms with Crippen LogP contribution in [-0.4, -0.2) is 107 Å². The molecule has 0 bridgehead atoms. The highest BCUT2D eigenvalue weighted by Gasteiger charge is 2.37. The van der Waals surface area contributed by atoms with E-state index in [0.717, 1.165) is 4.90 Å². The Labute approximate surface area is 264 Å². The molecule has 0 fully saturated rings. The standard InChI is InChI=1S/C26H41F3N11O6/c1-23(2,3)44-20(41)38(10)13-17-32-33-18(14-39(11)21(42)45-24(4,5)6)40(36-17)15-25(7,8)46-22(43)37(9)12-16-30-34-19(35-31-16)26(27,28)29/h12-15H2,1-11H3/q+1. The third-order valence-electron chi connectivity index (χ3n) is 5.34. The average Bonchev–Trinajstić information content (AvgIpc) is 2.87. The second-order valence-electron chi connectivity index (χ2n) is 13.0. The highest BCUT2D eigenvalue weighted by molar-refractivity contribution is 5.68. The molecule has 2 heterocycles. The quantitative estimate of drug-likeness (QED) is 0.283. The van der Waals surface area contributed by atoms with Crippen molar-refractivity contribution in [2.45, 2.75) is 105 Å². The first-order chi connectivity index (χ1) is 20.8. The molecule has 0 radical (unpaired) electrons. The summed E-state index contributed by atoms with van der Waals surface area (Å²) in [5.41, 5.74) is -2.74. The Morgan fingerprint density at radius 3 is 1.50 bits per heavy atom. The molecule has 3 amide bonds. The van der Waals surface area contributed by atoms with Gasteiger partial charge in [-0.15, -0.1) is 25.1 Å². The summed E-state index contributed by atoms with van der Waals surface area (Å²) in [5, 5.41) is 25.6. The van der Waals surface area contributed by atoms with E-state index in [0.29, 0.717) is 0 Å². The first-order valence-corrected chi connectivity index (χ1v) is 13.9. The van der Waals surface area contributed by atoms with E-state index < -0.39 is 47.1 Å². The van der Waals surface area contributed by atoms with Crippen molar-refractivity contribution in [2.24, 2.45) is 0 Å². The van der Waals surface area contributed by atoms with Gasteiger partial charge in [-0.1, -0.05) is 5.10 Å². The maximum atomic E-state index is 12.9. The minimum atomic E-state index is -4.81. The van der Waals surface area contributed by atoms with Gasteiger partial charge in [0.1, 0.15) is 23.3 Å². The topological polar surface area (TPSA) is 183 Å². The molecule has 0 aliphatic heterocycles. The van der Waals surface area contributed by atoms with Crippen LogP contribution in [0.4, 0.5) is 27.6 Å². The third kappa shape index (κ3) is 12.5. The Morgan fingerprint density at radius 2 is 1.04 bits per heavy atom. The number of rotatable bonds is 9. The van der Waals surface area contributed by atoms with E-state index in [1.807, 2.05) is 0 Å². The highest BCUT2D eigenvalue weighted by atomic mass is 19.4. The lowest BCUT2D eigenvalue weighted by atomic mass is 10.1. The van der Waals surface area contributed by atoms with Crippen molar-refractivity contribution in [2.75, 3.05) is 21.1 Å². The Balaban J connectivity index is 2.27. The molecule has 0 atom stereocenters. The first-order valence-electron chi connectivity index (χ1n) is 13.9. The summed E-state index contributed by atoms with van der Waals surface area (Å²) in [7, 11) is 4.32. The van der Waals surface area contributed by atoms with E-state index in [1.165, 1.54) is 35.6 Å². The molecule has 17 nitrogen and oxygen atoms in total. The van der Waals surface area contributed by atoms with Crippen molar-refractivity contribution in [1.29, 1.82) is 0 Å². The number of hydrogen-bond donors (Lipinski definition) is 0. The van der Waals surface area contributed by atoms with Gasteiger partial charge >= 0.3 is 30.3 Å². The van der Waals surface area contributed by atoms with Crippen LogP contribution in [0.1, 0.15) is 78.7 Å². The van der Waals surface area contributed by atoms with Gasteiger partial charge in [-0.25, -0.2) is 14.4 Å². The summed E-state index contributed by atoms with van der Waals surface area (Å²) in [6, 6.07) is 0. The van der Waals surface area contributed by atoms with Crippen molar-refractivity contribution < 1.29 is 46.4 Å². The van der Waals surface area contributed by atoms with E-state index in [1.54, 1.807) is 55.4 Å². The summed E-state index contributed by atoms with van der Waals surface area (Å²) >= 11 is 0. The fourth-order valence-corrected chi connectivity index (χ4v) is 3.33. The average molecular weight is 661 g/mol. The minimum absolute atomic E-state index is 0.0811. The van der Waals surface area contributed by atoms with Crippen LogP contribution in [0.25, 0.3) is 0 Å². The SMILES string of the molecule is CN(Cc1nnc(CN(C)C(=O)OC(C)(C)C)[n+](CC(C)(C)OC(=O)N(C)Cc2nnc(C(F)(F)F)nn2)n1)C(=O)OC(C)(C)C. The number of carbonyl (C=O) groups excluding carboxylic acids is 3. The fraction of sp³-hybridized carbons (Fsp3) is 0.731. The smallest absolute Gasteiger partial charge is 0.444 e. The van der Waals surface area contributed by atoms with Crippen LogP contribution in [0.15, 0.2) is 0 Å². The summed E-state index contributed by atoms with van der Waals surface area (Å²) in [5.74, 6) is -1.44. The number of ether oxygens (including phenoxy) is 3. The minimum Gasteiger partial charge on any atom is -0.444 e. The molecule has 2 rings (SSSR count).